The summed E-state index contributed by atoms with van der Waals surface area (Å²) < 4.78 is 1.64. The van der Waals surface area contributed by atoms with Crippen LogP contribution >= 0.6 is 11.3 Å². The van der Waals surface area contributed by atoms with E-state index in [1.807, 2.05) is 0 Å². The number of nitrogens with zero attached hydrogens (tertiary/aromatic N) is 5. The Hall–Kier alpha value is -2.95. The zero-order valence-corrected chi connectivity index (χ0v) is 15.4. The van der Waals surface area contributed by atoms with Crippen LogP contribution in [0.2, 0.25) is 0 Å². The normalized spacial score (nSPS) is 12.7. The predicted molar refractivity (Wildman–Crippen MR) is 107 cm³/mol. The summed E-state index contributed by atoms with van der Waals surface area (Å²) in [5.41, 5.74) is 8.57. The molecular weight excluding hydrogens is 364 g/mol. The molecule has 1 aliphatic heterocycles. The molecule has 0 amide bonds. The molecule has 4 heterocycles. The second-order valence-corrected chi connectivity index (χ2v) is 7.22. The Balaban J connectivity index is 1.56. The van der Waals surface area contributed by atoms with E-state index >= 15 is 0 Å². The SMILES string of the molecule is Nc1ncc(-c2cnn(CCO)c2)nc1N(N)Cc1cc2c(s1)NCC=C2. The van der Waals surface area contributed by atoms with Gasteiger partial charge in [-0.25, -0.2) is 15.8 Å². The highest BCUT2D eigenvalue weighted by Crippen LogP contribution is 2.32. The Morgan fingerprint density at radius 1 is 1.37 bits per heavy atom. The van der Waals surface area contributed by atoms with E-state index in [4.69, 9.17) is 16.7 Å². The molecule has 0 fully saturated rings. The third kappa shape index (κ3) is 3.63. The largest absolute Gasteiger partial charge is 0.394 e. The molecule has 1 aliphatic rings. The van der Waals surface area contributed by atoms with Gasteiger partial charge in [-0.05, 0) is 6.07 Å². The number of fused-ring (bicyclic) bond motifs is 1. The number of anilines is 3. The van der Waals surface area contributed by atoms with Crippen LogP contribution in [0.5, 0.6) is 0 Å². The first-order valence-corrected chi connectivity index (χ1v) is 9.27. The number of nitrogen functional groups attached to an aromatic ring is 1. The van der Waals surface area contributed by atoms with Gasteiger partial charge >= 0.3 is 0 Å². The first-order chi connectivity index (χ1) is 13.1. The minimum Gasteiger partial charge on any atom is -0.394 e. The smallest absolute Gasteiger partial charge is 0.186 e. The van der Waals surface area contributed by atoms with Gasteiger partial charge in [-0.2, -0.15) is 5.10 Å². The lowest BCUT2D eigenvalue weighted by atomic mass is 10.2. The number of aliphatic hydroxyl groups is 1. The van der Waals surface area contributed by atoms with E-state index in [2.05, 4.69) is 38.6 Å². The molecule has 0 saturated carbocycles. The van der Waals surface area contributed by atoms with Crippen molar-refractivity contribution in [3.05, 3.63) is 41.2 Å². The maximum Gasteiger partial charge on any atom is 0.186 e. The molecule has 0 aromatic carbocycles. The monoisotopic (exact) mass is 384 g/mol. The molecular formula is C17H20N8OS. The summed E-state index contributed by atoms with van der Waals surface area (Å²) in [6.07, 6.45) is 9.25. The van der Waals surface area contributed by atoms with Crippen molar-refractivity contribution in [3.8, 4) is 11.3 Å². The van der Waals surface area contributed by atoms with Gasteiger partial charge in [-0.15, -0.1) is 11.3 Å². The van der Waals surface area contributed by atoms with Gasteiger partial charge in [-0.1, -0.05) is 12.2 Å². The Kier molecular flexibility index (Phi) is 4.75. The highest BCUT2D eigenvalue weighted by atomic mass is 32.1. The van der Waals surface area contributed by atoms with Crippen molar-refractivity contribution < 1.29 is 5.11 Å². The molecule has 6 N–H and O–H groups in total. The number of nitrogens with two attached hydrogens (primary N) is 2. The van der Waals surface area contributed by atoms with Crippen molar-refractivity contribution in [2.75, 3.05) is 29.2 Å². The van der Waals surface area contributed by atoms with Crippen molar-refractivity contribution in [3.63, 3.8) is 0 Å². The summed E-state index contributed by atoms with van der Waals surface area (Å²) in [5.74, 6) is 6.93. The number of aromatic nitrogens is 4. The summed E-state index contributed by atoms with van der Waals surface area (Å²) in [4.78, 5) is 9.89. The van der Waals surface area contributed by atoms with Crippen molar-refractivity contribution >= 4 is 34.0 Å². The van der Waals surface area contributed by atoms with E-state index in [0.717, 1.165) is 22.0 Å². The number of nitrogens with one attached hydrogen (secondary N) is 1. The number of thiophene rings is 1. The van der Waals surface area contributed by atoms with Crippen LogP contribution in [-0.2, 0) is 13.1 Å². The Labute approximate surface area is 159 Å². The Morgan fingerprint density at radius 2 is 2.26 bits per heavy atom. The number of hydrogen-bond acceptors (Lipinski definition) is 9. The third-order valence-corrected chi connectivity index (χ3v) is 5.22. The van der Waals surface area contributed by atoms with Crippen LogP contribution in [0.4, 0.5) is 16.6 Å². The van der Waals surface area contributed by atoms with Gasteiger partial charge in [0, 0.05) is 28.7 Å². The molecule has 0 aliphatic carbocycles. The van der Waals surface area contributed by atoms with Crippen molar-refractivity contribution in [1.29, 1.82) is 0 Å². The molecule has 140 valence electrons. The summed E-state index contributed by atoms with van der Waals surface area (Å²) in [6, 6.07) is 2.11. The third-order valence-electron chi connectivity index (χ3n) is 4.13. The fourth-order valence-electron chi connectivity index (χ4n) is 2.84. The predicted octanol–water partition coefficient (Wildman–Crippen LogP) is 1.30. The lowest BCUT2D eigenvalue weighted by molar-refractivity contribution is 0.269. The molecule has 0 bridgehead atoms. The quantitative estimate of drug-likeness (QED) is 0.369. The topological polar surface area (TPSA) is 131 Å². The molecule has 9 nitrogen and oxygen atoms in total. The highest BCUT2D eigenvalue weighted by Gasteiger charge is 2.16. The number of aliphatic hydroxyl groups excluding tert-OH is 1. The molecule has 0 unspecified atom stereocenters. The number of rotatable bonds is 6. The molecule has 4 rings (SSSR count). The molecule has 3 aromatic rings. The Bertz CT molecular complexity index is 979. The zero-order valence-electron chi connectivity index (χ0n) is 14.5. The second-order valence-electron chi connectivity index (χ2n) is 6.09. The summed E-state index contributed by atoms with van der Waals surface area (Å²) in [7, 11) is 0. The van der Waals surface area contributed by atoms with Crippen molar-refractivity contribution in [2.45, 2.75) is 13.1 Å². The van der Waals surface area contributed by atoms with Crippen molar-refractivity contribution in [2.24, 2.45) is 5.84 Å². The lowest BCUT2D eigenvalue weighted by Gasteiger charge is -2.18. The van der Waals surface area contributed by atoms with E-state index in [1.54, 1.807) is 34.6 Å². The van der Waals surface area contributed by atoms with Crippen LogP contribution in [0.3, 0.4) is 0 Å². The average molecular weight is 384 g/mol. The fourth-order valence-corrected chi connectivity index (χ4v) is 3.89. The standard InChI is InChI=1S/C17H20N8OS/c18-15-16(23-14(8-21-15)12-7-22-24(9-12)4-5-26)25(19)10-13-6-11-2-1-3-20-17(11)27-13/h1-2,6-9,20,26H,3-5,10,19H2,(H2,18,21). The van der Waals surface area contributed by atoms with Crippen LogP contribution in [0.15, 0.2) is 30.7 Å². The van der Waals surface area contributed by atoms with Gasteiger partial charge in [0.2, 0.25) is 0 Å². The molecule has 0 saturated heterocycles. The summed E-state index contributed by atoms with van der Waals surface area (Å²) >= 11 is 1.66. The van der Waals surface area contributed by atoms with Gasteiger partial charge < -0.3 is 16.2 Å². The van der Waals surface area contributed by atoms with E-state index in [9.17, 15) is 0 Å². The van der Waals surface area contributed by atoms with E-state index < -0.39 is 0 Å². The molecule has 27 heavy (non-hydrogen) atoms. The van der Waals surface area contributed by atoms with Gasteiger partial charge in [0.05, 0.1) is 42.8 Å². The minimum atomic E-state index is 0.0190. The number of hydrazine groups is 1. The van der Waals surface area contributed by atoms with E-state index in [0.29, 0.717) is 24.6 Å². The Morgan fingerprint density at radius 3 is 3.07 bits per heavy atom. The molecule has 0 radical (unpaired) electrons. The minimum absolute atomic E-state index is 0.0190. The average Bonchev–Trinajstić information content (AvgIpc) is 3.28. The molecule has 0 atom stereocenters. The molecule has 0 spiro atoms. The maximum atomic E-state index is 9.02. The van der Waals surface area contributed by atoms with Crippen LogP contribution in [-0.4, -0.2) is 38.0 Å². The summed E-state index contributed by atoms with van der Waals surface area (Å²) in [5, 5.41) is 19.2. The molecule has 10 heteroatoms. The molecule has 3 aromatic heterocycles. The van der Waals surface area contributed by atoms with Gasteiger partial charge in [0.25, 0.3) is 0 Å². The highest BCUT2D eigenvalue weighted by molar-refractivity contribution is 7.16. The van der Waals surface area contributed by atoms with Gasteiger partial charge in [0.15, 0.2) is 11.6 Å². The van der Waals surface area contributed by atoms with Crippen molar-refractivity contribution in [1.82, 2.24) is 19.7 Å². The van der Waals surface area contributed by atoms with Gasteiger partial charge in [0.1, 0.15) is 0 Å². The van der Waals surface area contributed by atoms with Crippen LogP contribution in [0.25, 0.3) is 17.3 Å². The zero-order chi connectivity index (χ0) is 18.8. The maximum absolute atomic E-state index is 9.02. The fraction of sp³-hybridized carbons (Fsp3) is 0.235. The number of hydrogen-bond donors (Lipinski definition) is 4. The van der Waals surface area contributed by atoms with Crippen LogP contribution in [0.1, 0.15) is 10.4 Å². The van der Waals surface area contributed by atoms with Crippen LogP contribution < -0.4 is 21.9 Å². The van der Waals surface area contributed by atoms with E-state index in [1.165, 1.54) is 10.6 Å². The van der Waals surface area contributed by atoms with E-state index in [-0.39, 0.29) is 12.4 Å². The second kappa shape index (κ2) is 7.35. The lowest BCUT2D eigenvalue weighted by Crippen LogP contribution is -2.31. The first kappa shape index (κ1) is 17.5. The first-order valence-electron chi connectivity index (χ1n) is 8.45. The summed E-state index contributed by atoms with van der Waals surface area (Å²) in [6.45, 7) is 1.75. The van der Waals surface area contributed by atoms with Gasteiger partial charge in [-0.3, -0.25) is 9.69 Å². The van der Waals surface area contributed by atoms with Crippen LogP contribution in [0, 0.1) is 0 Å².